The molecule has 0 spiro atoms. The van der Waals surface area contributed by atoms with Gasteiger partial charge in [0.1, 0.15) is 0 Å². The van der Waals surface area contributed by atoms with E-state index in [4.69, 9.17) is 0 Å². The minimum atomic E-state index is -0.463. The molecule has 1 aromatic carbocycles. The van der Waals surface area contributed by atoms with E-state index in [1.165, 1.54) is 11.8 Å². The Hall–Kier alpha value is -2.28. The monoisotopic (exact) mass is 358 g/mol. The van der Waals surface area contributed by atoms with Crippen LogP contribution in [0.2, 0.25) is 0 Å². The highest BCUT2D eigenvalue weighted by Crippen LogP contribution is 2.42. The lowest BCUT2D eigenvalue weighted by Gasteiger charge is -2.14. The smallest absolute Gasteiger partial charge is 0.321 e. The molecule has 1 fully saturated rings. The van der Waals surface area contributed by atoms with Crippen LogP contribution in [0, 0.1) is 0 Å². The third-order valence-electron chi connectivity index (χ3n) is 3.97. The van der Waals surface area contributed by atoms with Crippen LogP contribution in [0.1, 0.15) is 32.7 Å². The summed E-state index contributed by atoms with van der Waals surface area (Å²) >= 11 is 1.38. The number of carbonyl (C=O) groups excluding carboxylic acids is 2. The van der Waals surface area contributed by atoms with Crippen molar-refractivity contribution >= 4 is 23.7 Å². The van der Waals surface area contributed by atoms with Gasteiger partial charge >= 0.3 is 6.03 Å². The summed E-state index contributed by atoms with van der Waals surface area (Å²) in [6, 6.07) is 10.1. The van der Waals surface area contributed by atoms with Crippen LogP contribution in [-0.4, -0.2) is 33.3 Å². The molecule has 132 valence electrons. The molecular formula is C18H22N4O2S. The number of hydrogen-bond donors (Lipinski definition) is 2. The second-order valence-electron chi connectivity index (χ2n) is 6.00. The van der Waals surface area contributed by atoms with Crippen molar-refractivity contribution in [1.82, 2.24) is 20.2 Å². The molecule has 1 aliphatic carbocycles. The number of urea groups is 1. The van der Waals surface area contributed by atoms with Gasteiger partial charge in [-0.3, -0.25) is 10.1 Å². The number of amides is 3. The van der Waals surface area contributed by atoms with Crippen LogP contribution < -0.4 is 10.6 Å². The van der Waals surface area contributed by atoms with Gasteiger partial charge in [0.15, 0.2) is 5.16 Å². The van der Waals surface area contributed by atoms with E-state index >= 15 is 0 Å². The van der Waals surface area contributed by atoms with Crippen LogP contribution in [0.25, 0.3) is 11.3 Å². The van der Waals surface area contributed by atoms with Crippen molar-refractivity contribution < 1.29 is 9.59 Å². The van der Waals surface area contributed by atoms with E-state index in [-0.39, 0.29) is 5.91 Å². The third-order valence-corrected chi connectivity index (χ3v) is 5.05. The van der Waals surface area contributed by atoms with E-state index in [9.17, 15) is 9.59 Å². The predicted octanol–water partition coefficient (Wildman–Crippen LogP) is 3.21. The molecule has 1 aliphatic rings. The first-order chi connectivity index (χ1) is 12.1. The van der Waals surface area contributed by atoms with Gasteiger partial charge in [-0.15, -0.1) is 0 Å². The molecule has 1 saturated carbocycles. The maximum atomic E-state index is 12.2. The summed E-state index contributed by atoms with van der Waals surface area (Å²) in [5.41, 5.74) is 2.19. The first kappa shape index (κ1) is 17.5. The summed E-state index contributed by atoms with van der Waals surface area (Å²) in [7, 11) is 0. The molecule has 25 heavy (non-hydrogen) atoms. The maximum Gasteiger partial charge on any atom is 0.321 e. The van der Waals surface area contributed by atoms with Gasteiger partial charge < -0.3 is 9.88 Å². The zero-order chi connectivity index (χ0) is 17.8. The fourth-order valence-corrected chi connectivity index (χ4v) is 3.53. The highest BCUT2D eigenvalue weighted by molar-refractivity contribution is 8.00. The summed E-state index contributed by atoms with van der Waals surface area (Å²) in [5, 5.41) is 5.32. The zero-order valence-corrected chi connectivity index (χ0v) is 15.2. The number of benzene rings is 1. The van der Waals surface area contributed by atoms with Gasteiger partial charge in [-0.2, -0.15) is 0 Å². The van der Waals surface area contributed by atoms with E-state index in [2.05, 4.69) is 32.3 Å². The topological polar surface area (TPSA) is 76.0 Å². The van der Waals surface area contributed by atoms with E-state index in [1.54, 1.807) is 13.8 Å². The number of thioether (sulfide) groups is 1. The summed E-state index contributed by atoms with van der Waals surface area (Å²) in [6.07, 6.45) is 4.12. The van der Waals surface area contributed by atoms with Gasteiger partial charge in [-0.25, -0.2) is 9.78 Å². The van der Waals surface area contributed by atoms with Gasteiger partial charge in [0.25, 0.3) is 0 Å². The van der Waals surface area contributed by atoms with Crippen LogP contribution in [-0.2, 0) is 4.79 Å². The number of carbonyl (C=O) groups is 2. The van der Waals surface area contributed by atoms with Crippen LogP contribution in [0.15, 0.2) is 41.7 Å². The van der Waals surface area contributed by atoms with Crippen molar-refractivity contribution in [3.05, 3.63) is 36.5 Å². The van der Waals surface area contributed by atoms with Crippen molar-refractivity contribution in [2.45, 2.75) is 43.1 Å². The molecule has 0 saturated heterocycles. The lowest BCUT2D eigenvalue weighted by Crippen LogP contribution is -2.42. The summed E-state index contributed by atoms with van der Waals surface area (Å²) in [5.74, 6) is -0.317. The Morgan fingerprint density at radius 1 is 1.32 bits per heavy atom. The molecule has 1 atom stereocenters. The SMILES string of the molecule is CCNC(=O)NC(=O)[C@@H](C)Sc1ncc(-c2ccccc2)n1C1CC1. The van der Waals surface area contributed by atoms with Gasteiger partial charge in [0, 0.05) is 12.6 Å². The molecular weight excluding hydrogens is 336 g/mol. The molecule has 1 aromatic heterocycles. The fourth-order valence-electron chi connectivity index (χ4n) is 2.57. The van der Waals surface area contributed by atoms with Gasteiger partial charge in [-0.1, -0.05) is 42.1 Å². The molecule has 2 aromatic rings. The molecule has 0 bridgehead atoms. The standard InChI is InChI=1S/C18H22N4O2S/c1-3-19-17(24)21-16(23)12(2)25-18-20-11-15(22(18)14-9-10-14)13-7-5-4-6-8-13/h4-8,11-12,14H,3,9-10H2,1-2H3,(H2,19,21,23,24)/t12-/m1/s1. The number of imide groups is 1. The molecule has 2 N–H and O–H groups in total. The normalized spacial score (nSPS) is 14.8. The lowest BCUT2D eigenvalue weighted by molar-refractivity contribution is -0.119. The Bertz CT molecular complexity index is 756. The quantitative estimate of drug-likeness (QED) is 0.778. The summed E-state index contributed by atoms with van der Waals surface area (Å²) in [4.78, 5) is 28.2. The Labute approximate surface area is 151 Å². The van der Waals surface area contributed by atoms with Gasteiger partial charge in [0.2, 0.25) is 5.91 Å². The molecule has 3 rings (SSSR count). The minimum absolute atomic E-state index is 0.317. The zero-order valence-electron chi connectivity index (χ0n) is 14.4. The molecule has 6 nitrogen and oxygen atoms in total. The van der Waals surface area contributed by atoms with Crippen molar-refractivity contribution in [3.63, 3.8) is 0 Å². The second kappa shape index (κ2) is 7.74. The number of aromatic nitrogens is 2. The van der Waals surface area contributed by atoms with Crippen molar-refractivity contribution in [1.29, 1.82) is 0 Å². The molecule has 3 amide bonds. The van der Waals surface area contributed by atoms with Crippen LogP contribution in [0.3, 0.4) is 0 Å². The Morgan fingerprint density at radius 2 is 2.04 bits per heavy atom. The van der Waals surface area contributed by atoms with Crippen LogP contribution >= 0.6 is 11.8 Å². The molecule has 0 unspecified atom stereocenters. The highest BCUT2D eigenvalue weighted by atomic mass is 32.2. The van der Waals surface area contributed by atoms with Crippen molar-refractivity contribution in [3.8, 4) is 11.3 Å². The second-order valence-corrected chi connectivity index (χ2v) is 7.31. The first-order valence-electron chi connectivity index (χ1n) is 8.48. The largest absolute Gasteiger partial charge is 0.338 e. The van der Waals surface area contributed by atoms with Crippen LogP contribution in [0.4, 0.5) is 4.79 Å². The molecule has 0 aliphatic heterocycles. The summed E-state index contributed by atoms with van der Waals surface area (Å²) in [6.45, 7) is 4.07. The molecule has 0 radical (unpaired) electrons. The lowest BCUT2D eigenvalue weighted by atomic mass is 10.2. The van der Waals surface area contributed by atoms with E-state index < -0.39 is 11.3 Å². The third kappa shape index (κ3) is 4.22. The number of hydrogen-bond acceptors (Lipinski definition) is 4. The fraction of sp³-hybridized carbons (Fsp3) is 0.389. The average molecular weight is 358 g/mol. The predicted molar refractivity (Wildman–Crippen MR) is 98.5 cm³/mol. The first-order valence-corrected chi connectivity index (χ1v) is 9.36. The number of nitrogens with zero attached hydrogens (tertiary/aromatic N) is 2. The van der Waals surface area contributed by atoms with Crippen molar-refractivity contribution in [2.24, 2.45) is 0 Å². The Morgan fingerprint density at radius 3 is 2.68 bits per heavy atom. The number of rotatable bonds is 6. The highest BCUT2D eigenvalue weighted by Gasteiger charge is 2.30. The van der Waals surface area contributed by atoms with Gasteiger partial charge in [0.05, 0.1) is 17.1 Å². The van der Waals surface area contributed by atoms with E-state index in [1.807, 2.05) is 24.4 Å². The van der Waals surface area contributed by atoms with Crippen LogP contribution in [0.5, 0.6) is 0 Å². The van der Waals surface area contributed by atoms with Gasteiger partial charge in [-0.05, 0) is 32.3 Å². The van der Waals surface area contributed by atoms with Crippen molar-refractivity contribution in [2.75, 3.05) is 6.54 Å². The number of imidazole rings is 1. The minimum Gasteiger partial charge on any atom is -0.338 e. The average Bonchev–Trinajstić information content (AvgIpc) is 3.36. The molecule has 1 heterocycles. The Kier molecular flexibility index (Phi) is 5.43. The summed E-state index contributed by atoms with van der Waals surface area (Å²) < 4.78 is 2.22. The van der Waals surface area contributed by atoms with E-state index in [0.29, 0.717) is 12.6 Å². The Balaban J connectivity index is 1.76. The molecule has 7 heteroatoms. The van der Waals surface area contributed by atoms with E-state index in [0.717, 1.165) is 29.3 Å². The number of nitrogens with one attached hydrogen (secondary N) is 2. The maximum absolute atomic E-state index is 12.2.